The Morgan fingerprint density at radius 2 is 1.10 bits per heavy atom. The molecule has 14 amide bonds. The van der Waals surface area contributed by atoms with Crippen LogP contribution < -0.4 is 70.4 Å². The van der Waals surface area contributed by atoms with Crippen molar-refractivity contribution in [1.29, 1.82) is 5.41 Å². The summed E-state index contributed by atoms with van der Waals surface area (Å²) in [5.41, 5.74) is 20.3. The number of guanidine groups is 1. The number of nitrogens with zero attached hydrogens (tertiary/aromatic N) is 3. The fourth-order valence-corrected chi connectivity index (χ4v) is 13.7. The highest BCUT2D eigenvalue weighted by Gasteiger charge is 2.46. The molecule has 10 atom stereocenters. The normalized spacial score (nSPS) is 17.1. The van der Waals surface area contributed by atoms with E-state index in [2.05, 4.69) is 58.1 Å². The van der Waals surface area contributed by atoms with Crippen molar-refractivity contribution in [3.63, 3.8) is 0 Å². The molecular formula is C79H98ClN17O14. The van der Waals surface area contributed by atoms with E-state index in [0.29, 0.717) is 72.2 Å². The first-order chi connectivity index (χ1) is 53.2. The van der Waals surface area contributed by atoms with Gasteiger partial charge in [0.05, 0.1) is 19.8 Å². The third-order valence-corrected chi connectivity index (χ3v) is 19.7. The molecule has 0 bridgehead atoms. The number of hydrogen-bond acceptors (Lipinski definition) is 16. The zero-order chi connectivity index (χ0) is 79.8. The van der Waals surface area contributed by atoms with Crippen molar-refractivity contribution >= 4 is 105 Å². The van der Waals surface area contributed by atoms with Crippen molar-refractivity contribution in [2.75, 3.05) is 51.3 Å². The molecule has 31 nitrogen and oxygen atoms in total. The first-order valence-electron chi connectivity index (χ1n) is 37.0. The lowest BCUT2D eigenvalue weighted by Crippen LogP contribution is -2.61. The second-order valence-electron chi connectivity index (χ2n) is 28.4. The predicted octanol–water partition coefficient (Wildman–Crippen LogP) is 1.81. The highest BCUT2D eigenvalue weighted by Crippen LogP contribution is 2.25. The van der Waals surface area contributed by atoms with Crippen LogP contribution in [0.4, 0.5) is 15.3 Å². The van der Waals surface area contributed by atoms with Gasteiger partial charge in [0, 0.05) is 75.5 Å². The quantitative estimate of drug-likeness (QED) is 0.0114. The van der Waals surface area contributed by atoms with Crippen LogP contribution in [0, 0.1) is 11.3 Å². The fourth-order valence-electron chi connectivity index (χ4n) is 13.5. The van der Waals surface area contributed by atoms with E-state index in [1.165, 1.54) is 24.0 Å². The lowest BCUT2D eigenvalue weighted by molar-refractivity contribution is -0.142. The maximum absolute atomic E-state index is 15.4. The van der Waals surface area contributed by atoms with Gasteiger partial charge >= 0.3 is 12.1 Å². The minimum absolute atomic E-state index is 0.0182. The van der Waals surface area contributed by atoms with Crippen molar-refractivity contribution in [2.24, 2.45) is 23.1 Å². The van der Waals surface area contributed by atoms with Crippen molar-refractivity contribution in [3.8, 4) is 0 Å². The molecule has 0 saturated carbocycles. The zero-order valence-corrected chi connectivity index (χ0v) is 62.9. The van der Waals surface area contributed by atoms with Crippen LogP contribution in [0.15, 0.2) is 146 Å². The first-order valence-corrected chi connectivity index (χ1v) is 37.4. The van der Waals surface area contributed by atoms with Gasteiger partial charge in [-0.15, -0.1) is 0 Å². The molecule has 32 heteroatoms. The molecule has 3 heterocycles. The Bertz CT molecular complexity index is 4300. The number of urea groups is 2. The van der Waals surface area contributed by atoms with Gasteiger partial charge in [-0.25, -0.2) is 14.5 Å². The molecule has 3 saturated heterocycles. The van der Waals surface area contributed by atoms with E-state index in [1.54, 1.807) is 92.7 Å². The lowest BCUT2D eigenvalue weighted by atomic mass is 9.99. The molecule has 111 heavy (non-hydrogen) atoms. The smallest absolute Gasteiger partial charge is 0.325 e. The second kappa shape index (κ2) is 40.2. The monoisotopic (exact) mass is 1540 g/mol. The van der Waals surface area contributed by atoms with Crippen LogP contribution in [0.3, 0.4) is 0 Å². The van der Waals surface area contributed by atoms with Gasteiger partial charge in [0.2, 0.25) is 53.2 Å². The number of imide groups is 1. The van der Waals surface area contributed by atoms with E-state index in [0.717, 1.165) is 26.8 Å². The molecule has 3 aliphatic rings. The Labute approximate surface area is 647 Å². The number of morpholine rings is 1. The van der Waals surface area contributed by atoms with Gasteiger partial charge in [-0.3, -0.25) is 58.3 Å². The average molecular weight is 1550 g/mol. The second-order valence-corrected chi connectivity index (χ2v) is 28.9. The van der Waals surface area contributed by atoms with E-state index in [1.807, 2.05) is 54.6 Å². The number of aliphatic hydroxyl groups is 1. The summed E-state index contributed by atoms with van der Waals surface area (Å²) >= 11 is 6.28. The molecule has 3 aliphatic heterocycles. The summed E-state index contributed by atoms with van der Waals surface area (Å²) in [4.78, 5) is 176. The summed E-state index contributed by atoms with van der Waals surface area (Å²) in [6.07, 6.45) is -0.112. The van der Waals surface area contributed by atoms with Crippen molar-refractivity contribution in [2.45, 2.75) is 152 Å². The van der Waals surface area contributed by atoms with Crippen LogP contribution in [0.2, 0.25) is 5.02 Å². The van der Waals surface area contributed by atoms with E-state index >= 15 is 19.2 Å². The van der Waals surface area contributed by atoms with Crippen LogP contribution in [0.25, 0.3) is 10.8 Å². The predicted molar refractivity (Wildman–Crippen MR) is 414 cm³/mol. The van der Waals surface area contributed by atoms with Crippen LogP contribution >= 0.6 is 11.6 Å². The van der Waals surface area contributed by atoms with Crippen LogP contribution in [0.5, 0.6) is 0 Å². The molecule has 18 N–H and O–H groups in total. The number of halogens is 1. The summed E-state index contributed by atoms with van der Waals surface area (Å²) in [6.45, 7) is 7.24. The Kier molecular flexibility index (Phi) is 30.3. The number of benzene rings is 6. The third kappa shape index (κ3) is 24.5. The SMILES string of the molecule is CC(C)C[C@H](NC(=O)[C@@H](Cc1ccc(NC(N)=O)cc1)NC(=O)[C@H](Cc1ccc(CN2CCOCC2)cc1)NC(=O)[C@H](CO)NC(=O)[C@@H](Cc1ccccc1)NC(=O)C(Cc1ccc(Cl)cc1)N1C(=O)NC(Cc2ccc3ccccc3c2)C1=O)C(=O)N[C@@H](CCCNC(=N)N)C(=O)N1CCC[C@H]1C(=O)N[C@H](C)C(N)=O. The maximum Gasteiger partial charge on any atom is 0.325 e. The average Bonchev–Trinajstić information content (AvgIpc) is 1.65. The number of primary amides is 2. The van der Waals surface area contributed by atoms with Gasteiger partial charge in [-0.2, -0.15) is 0 Å². The summed E-state index contributed by atoms with van der Waals surface area (Å²) in [7, 11) is 0. The number of fused-ring (bicyclic) bond motifs is 1. The molecule has 6 aromatic carbocycles. The molecule has 0 aliphatic carbocycles. The van der Waals surface area contributed by atoms with Crippen LogP contribution in [-0.4, -0.2) is 203 Å². The summed E-state index contributed by atoms with van der Waals surface area (Å²) in [5.74, 6) is -9.10. The minimum atomic E-state index is -1.84. The molecule has 9 rings (SSSR count). The first kappa shape index (κ1) is 83.5. The van der Waals surface area contributed by atoms with E-state index in [4.69, 9.17) is 38.9 Å². The van der Waals surface area contributed by atoms with E-state index in [9.17, 15) is 43.5 Å². The molecule has 0 spiro atoms. The molecule has 2 unspecified atom stereocenters. The number of rotatable bonds is 37. The van der Waals surface area contributed by atoms with Crippen molar-refractivity contribution in [1.82, 2.24) is 62.6 Å². The maximum atomic E-state index is 15.4. The molecular weight excluding hydrogens is 1450 g/mol. The number of nitrogens with two attached hydrogens (primary N) is 3. The number of nitrogens with one attached hydrogen (secondary N) is 11. The molecule has 0 radical (unpaired) electrons. The number of carbonyl (C=O) groups is 12. The summed E-state index contributed by atoms with van der Waals surface area (Å²) in [6, 6.07) is 25.9. The molecule has 6 aromatic rings. The Morgan fingerprint density at radius 3 is 1.69 bits per heavy atom. The number of hydrogen-bond donors (Lipinski definition) is 15. The zero-order valence-electron chi connectivity index (χ0n) is 62.1. The Morgan fingerprint density at radius 1 is 0.586 bits per heavy atom. The number of ether oxygens (including phenoxy) is 1. The largest absolute Gasteiger partial charge is 0.394 e. The van der Waals surface area contributed by atoms with Gasteiger partial charge < -0.3 is 85.1 Å². The molecule has 590 valence electrons. The highest BCUT2D eigenvalue weighted by atomic mass is 35.5. The topological polar surface area (TPSA) is 466 Å². The number of likely N-dealkylation sites (tertiary alicyclic amines) is 1. The number of amides is 14. The van der Waals surface area contributed by atoms with Gasteiger partial charge in [0.15, 0.2) is 5.96 Å². The Balaban J connectivity index is 0.991. The number of carbonyl (C=O) groups excluding carboxylic acids is 12. The number of anilines is 1. The van der Waals surface area contributed by atoms with E-state index in [-0.39, 0.29) is 82.8 Å². The standard InChI is InChI=1S/C79H98ClN17O14/c1-46(2)37-59(68(100)88-58(15-9-31-85-77(82)83)75(107)96-32-10-16-65(96)73(105)86-47(3)67(81)99)89-69(101)60(41-50-24-29-57(30-25-50)87-78(84)109)90-70(102)61(40-49-17-19-52(20-18-49)44-95-33-35-111-36-34-95)91-72(104)64(45-98)93-71(103)62(39-48-11-5-4-6-12-48)92-74(106)66(43-51-22-27-56(80)28-23-51)97-76(108)63(94-79(97)110)42-53-21-26-54-13-7-8-14-55(54)38-53/h4-8,11-14,17-30,38,46-47,58-66,98H,9-10,15-16,31-37,39-45H2,1-3H3,(H2,81,99)(H,86,105)(H,88,100)(H,89,101)(H,90,102)(H,91,104)(H,92,106)(H,93,103)(H,94,110)(H4,82,83,85)(H3,84,87,109)/t47-,58+,59+,60-,61+,62-,63?,64+,65+,66?/m1/s1. The summed E-state index contributed by atoms with van der Waals surface area (Å²) in [5, 5.41) is 47.9. The Hall–Kier alpha value is -11.5. The summed E-state index contributed by atoms with van der Waals surface area (Å²) < 4.78 is 5.55. The van der Waals surface area contributed by atoms with Gasteiger partial charge in [-0.05, 0) is 113 Å². The lowest BCUT2D eigenvalue weighted by Gasteiger charge is -2.31. The molecule has 0 aromatic heterocycles. The third-order valence-electron chi connectivity index (χ3n) is 19.5. The van der Waals surface area contributed by atoms with Gasteiger partial charge in [0.1, 0.15) is 60.4 Å². The van der Waals surface area contributed by atoms with Gasteiger partial charge in [0.25, 0.3) is 5.91 Å². The van der Waals surface area contributed by atoms with Crippen molar-refractivity contribution < 1.29 is 67.4 Å². The fraction of sp³-hybridized carbons (Fsp3) is 0.405. The van der Waals surface area contributed by atoms with Gasteiger partial charge in [-0.1, -0.05) is 147 Å². The van der Waals surface area contributed by atoms with Crippen molar-refractivity contribution in [3.05, 3.63) is 184 Å². The number of aliphatic hydroxyl groups excluding tert-OH is 1. The highest BCUT2D eigenvalue weighted by molar-refractivity contribution is 6.30. The minimum Gasteiger partial charge on any atom is -0.394 e. The van der Waals surface area contributed by atoms with Crippen LogP contribution in [0.1, 0.15) is 86.3 Å². The molecule has 3 fully saturated rings. The van der Waals surface area contributed by atoms with E-state index < -0.39 is 138 Å². The van der Waals surface area contributed by atoms with Crippen LogP contribution in [-0.2, 0) is 91.3 Å².